The molecule has 0 amide bonds. The number of benzene rings is 6. The first-order valence-electron chi connectivity index (χ1n) is 18.2. The van der Waals surface area contributed by atoms with Crippen molar-refractivity contribution in [3.8, 4) is 33.4 Å². The zero-order chi connectivity index (χ0) is 37.2. The summed E-state index contributed by atoms with van der Waals surface area (Å²) in [7, 11) is 0. The van der Waals surface area contributed by atoms with Gasteiger partial charge in [0, 0.05) is 0 Å². The first-order valence-corrected chi connectivity index (χ1v) is 22.4. The minimum atomic E-state index is 0. The van der Waals surface area contributed by atoms with E-state index in [0.29, 0.717) is 0 Å². The predicted molar refractivity (Wildman–Crippen MR) is 253 cm³/mol. The number of aryl methyl sites for hydroxylation is 2. The zero-order valence-electron chi connectivity index (χ0n) is 34.7. The number of halogens is 2. The van der Waals surface area contributed by atoms with Crippen molar-refractivity contribution in [2.45, 2.75) is 66.2 Å². The van der Waals surface area contributed by atoms with Crippen molar-refractivity contribution in [3.05, 3.63) is 183 Å². The maximum absolute atomic E-state index is 3.06. The number of rotatable bonds is 3. The molecule has 0 saturated heterocycles. The first-order chi connectivity index (χ1) is 24.9. The van der Waals surface area contributed by atoms with Gasteiger partial charge in [0.25, 0.3) is 0 Å². The topological polar surface area (TPSA) is 0 Å². The van der Waals surface area contributed by atoms with Crippen LogP contribution in [0.2, 0.25) is 0 Å². The second-order valence-electron chi connectivity index (χ2n) is 16.0. The van der Waals surface area contributed by atoms with Gasteiger partial charge in [0.05, 0.1) is 0 Å². The van der Waals surface area contributed by atoms with Gasteiger partial charge in [-0.05, 0) is 43.9 Å². The molecule has 0 aliphatic carbocycles. The van der Waals surface area contributed by atoms with Crippen molar-refractivity contribution in [1.29, 1.82) is 0 Å². The van der Waals surface area contributed by atoms with Crippen LogP contribution in [0.3, 0.4) is 0 Å². The Hall–Kier alpha value is -3.52. The summed E-state index contributed by atoms with van der Waals surface area (Å²) in [6, 6.07) is 53.7. The summed E-state index contributed by atoms with van der Waals surface area (Å²) >= 11 is 1.36. The van der Waals surface area contributed by atoms with Gasteiger partial charge < -0.3 is 14.9 Å². The van der Waals surface area contributed by atoms with E-state index in [4.69, 9.17) is 0 Å². The molecule has 0 aliphatic rings. The van der Waals surface area contributed by atoms with Gasteiger partial charge in [-0.1, -0.05) is 181 Å². The van der Waals surface area contributed by atoms with Gasteiger partial charge in [-0.2, -0.15) is 6.07 Å². The maximum atomic E-state index is 3.06. The van der Waals surface area contributed by atoms with Gasteiger partial charge in [0.2, 0.25) is 0 Å². The van der Waals surface area contributed by atoms with Crippen LogP contribution in [0.15, 0.2) is 146 Å². The molecule has 0 saturated carbocycles. The monoisotopic (exact) mass is 868 g/mol. The van der Waals surface area contributed by atoms with Crippen molar-refractivity contribution in [1.82, 2.24) is 0 Å². The average molecular weight is 871 g/mol. The van der Waals surface area contributed by atoms with Crippen molar-refractivity contribution < 1.29 is 23.3 Å². The predicted octanol–water partition coefficient (Wildman–Crippen LogP) is 15.8. The molecule has 0 atom stereocenters. The molecule has 0 aromatic heterocycles. The van der Waals surface area contributed by atoms with E-state index in [2.05, 4.69) is 208 Å². The fraction of sp³-hybridized carbons (Fsp3) is 0.192. The Morgan fingerprint density at radius 2 is 0.982 bits per heavy atom. The summed E-state index contributed by atoms with van der Waals surface area (Å²) in [5.41, 5.74) is 13.6. The number of hydrogen-bond donors (Lipinski definition) is 0. The Morgan fingerprint density at radius 3 is 1.55 bits per heavy atom. The van der Waals surface area contributed by atoms with E-state index in [1.807, 2.05) is 0 Å². The molecule has 8 rings (SSSR count). The van der Waals surface area contributed by atoms with Crippen molar-refractivity contribution >= 4 is 64.0 Å². The summed E-state index contributed by atoms with van der Waals surface area (Å²) in [6.07, 6.45) is 0. The third kappa shape index (κ3) is 10.5. The fourth-order valence-corrected chi connectivity index (χ4v) is 7.26. The van der Waals surface area contributed by atoms with E-state index in [0.717, 1.165) is 0 Å². The molecule has 0 spiro atoms. The van der Waals surface area contributed by atoms with Crippen LogP contribution in [0.4, 0.5) is 0 Å². The first kappa shape index (κ1) is 48.6. The molecule has 0 N–H and O–H groups in total. The molecular weight excluding hydrogens is 815 g/mol. The number of fused-ring (bicyclic) bond motifs is 3. The van der Waals surface area contributed by atoms with E-state index in [1.165, 1.54) is 111 Å². The van der Waals surface area contributed by atoms with Crippen LogP contribution in [0.25, 0.3) is 65.7 Å². The second kappa shape index (κ2) is 20.3. The van der Waals surface area contributed by atoms with Crippen LogP contribution >= 0.6 is 24.8 Å². The summed E-state index contributed by atoms with van der Waals surface area (Å²) in [6.45, 7) is 21.0. The normalized spacial score (nSPS) is 10.8. The van der Waals surface area contributed by atoms with Crippen LogP contribution in [0.1, 0.15) is 63.8 Å². The van der Waals surface area contributed by atoms with Crippen molar-refractivity contribution in [2.24, 2.45) is 0 Å². The summed E-state index contributed by atoms with van der Waals surface area (Å²) < 4.78 is 0. The van der Waals surface area contributed by atoms with E-state index in [-0.39, 0.29) is 50.5 Å². The molecule has 0 unspecified atom stereocenters. The third-order valence-electron chi connectivity index (χ3n) is 10.2. The molecule has 8 aromatic rings. The van der Waals surface area contributed by atoms with Crippen LogP contribution in [0, 0.1) is 28.7 Å². The van der Waals surface area contributed by atoms with E-state index in [9.17, 15) is 0 Å². The number of hydrogen-bond acceptors (Lipinski definition) is 0. The molecule has 0 bridgehead atoms. The van der Waals surface area contributed by atoms with Crippen molar-refractivity contribution in [2.75, 3.05) is 0 Å². The standard InChI is InChI=1S/C29H25.C21H23.2CH3.2ClH.Si.Zr/c1-29(2,3)24-16-14-21(15-17-24)26-12-7-10-22-18-23(19-28(22)26)27-13-6-9-20-8-4-5-11-25(20)27;1-14-12-19-15(2)6-11-18(20(19)13-14)16-7-9-17(10-8-16)21(3,4)5;;;;;;/h4-19H,1-3H3;6-13H,1-5H3;2*1H3;2*1H;;/q4*-1;;;;. The quantitative estimate of drug-likeness (QED) is 0.123. The molecule has 0 heterocycles. The van der Waals surface area contributed by atoms with Gasteiger partial charge in [0.15, 0.2) is 0 Å². The fourth-order valence-electron chi connectivity index (χ4n) is 7.26. The average Bonchev–Trinajstić information content (AvgIpc) is 3.76. The molecule has 0 fully saturated rings. The van der Waals surface area contributed by atoms with E-state index < -0.39 is 0 Å². The molecule has 4 heteroatoms. The van der Waals surface area contributed by atoms with Gasteiger partial charge in [-0.25, -0.2) is 0 Å². The minimum absolute atomic E-state index is 0. The molecule has 0 aliphatic heterocycles. The summed E-state index contributed by atoms with van der Waals surface area (Å²) in [5, 5.41) is 7.96. The Kier molecular flexibility index (Phi) is 17.6. The molecule has 2 radical (unpaired) electrons. The summed E-state index contributed by atoms with van der Waals surface area (Å²) in [5.74, 6) is 0. The third-order valence-corrected chi connectivity index (χ3v) is 10.2. The molecular formula is C52H56Cl2SiZr-4. The van der Waals surface area contributed by atoms with Crippen LogP contribution in [-0.2, 0) is 34.2 Å². The second-order valence-corrected chi connectivity index (χ2v) is 16.0. The van der Waals surface area contributed by atoms with Gasteiger partial charge in [-0.15, -0.1) is 93.4 Å². The van der Waals surface area contributed by atoms with Gasteiger partial charge in [0.1, 0.15) is 0 Å². The molecule has 8 aromatic carbocycles. The molecule has 290 valence electrons. The zero-order valence-corrected chi connectivity index (χ0v) is 39.8. The Labute approximate surface area is 366 Å². The van der Waals surface area contributed by atoms with Crippen molar-refractivity contribution in [3.63, 3.8) is 0 Å². The van der Waals surface area contributed by atoms with E-state index >= 15 is 0 Å². The SMILES string of the molecule is CC(C)(C)c1ccc(-c2cccc3[cH-]c(-c4cccc5ccccc45)cc23)cc1.Cc1cc2c(-c3ccc(C(C)(C)C)cc3)ccc(C)c2[cH-]1.Cl.Cl.[CH3-].[CH3-].[Si]=[Zr]. The van der Waals surface area contributed by atoms with E-state index in [1.54, 1.807) is 0 Å². The van der Waals surface area contributed by atoms with Gasteiger partial charge in [-0.3, -0.25) is 0 Å². The Balaban J connectivity index is 0.000000361. The molecule has 0 nitrogen and oxygen atoms in total. The van der Waals surface area contributed by atoms with Crippen LogP contribution < -0.4 is 0 Å². The molecule has 56 heavy (non-hydrogen) atoms. The van der Waals surface area contributed by atoms with Gasteiger partial charge >= 0.3 is 30.2 Å². The van der Waals surface area contributed by atoms with Crippen LogP contribution in [-0.4, -0.2) is 6.88 Å². The summed E-state index contributed by atoms with van der Waals surface area (Å²) in [4.78, 5) is 0. The van der Waals surface area contributed by atoms with Crippen LogP contribution in [0.5, 0.6) is 0 Å². The Bertz CT molecular complexity index is 2460. The Morgan fingerprint density at radius 1 is 0.482 bits per heavy atom.